The van der Waals surface area contributed by atoms with Crippen LogP contribution in [0.5, 0.6) is 16.7 Å². The summed E-state index contributed by atoms with van der Waals surface area (Å²) in [6, 6.07) is 20.4. The summed E-state index contributed by atoms with van der Waals surface area (Å²) in [6.45, 7) is 4.36. The van der Waals surface area contributed by atoms with E-state index < -0.39 is 29.7 Å². The van der Waals surface area contributed by atoms with Crippen molar-refractivity contribution in [3.63, 3.8) is 0 Å². The molecule has 3 aliphatic rings. The highest BCUT2D eigenvalue weighted by molar-refractivity contribution is 7.11. The third-order valence-electron chi connectivity index (χ3n) is 8.91. The predicted octanol–water partition coefficient (Wildman–Crippen LogP) is 5.08. The molecule has 4 amide bonds. The molecule has 11 nitrogen and oxygen atoms in total. The van der Waals surface area contributed by atoms with Gasteiger partial charge in [0.2, 0.25) is 11.8 Å². The zero-order chi connectivity index (χ0) is 32.0. The van der Waals surface area contributed by atoms with Crippen molar-refractivity contribution >= 4 is 40.7 Å². The van der Waals surface area contributed by atoms with Gasteiger partial charge in [-0.05, 0) is 60.0 Å². The Morgan fingerprint density at radius 2 is 1.57 bits per heavy atom. The van der Waals surface area contributed by atoms with E-state index in [0.29, 0.717) is 10.9 Å². The number of aromatic nitrogens is 2. The van der Waals surface area contributed by atoms with Crippen molar-refractivity contribution in [2.24, 2.45) is 0 Å². The average Bonchev–Trinajstić information content (AvgIpc) is 3.62. The normalized spacial score (nSPS) is 21.0. The van der Waals surface area contributed by atoms with E-state index in [1.807, 2.05) is 24.3 Å². The van der Waals surface area contributed by atoms with Crippen LogP contribution in [0.15, 0.2) is 72.2 Å². The van der Waals surface area contributed by atoms with E-state index in [1.54, 1.807) is 23.7 Å². The van der Waals surface area contributed by atoms with Gasteiger partial charge < -0.3 is 14.8 Å². The van der Waals surface area contributed by atoms with E-state index in [4.69, 9.17) is 9.47 Å². The summed E-state index contributed by atoms with van der Waals surface area (Å²) in [5.74, 6) is -0.534. The molecule has 1 saturated heterocycles. The molecule has 46 heavy (non-hydrogen) atoms. The minimum Gasteiger partial charge on any atom is -0.490 e. The molecule has 7 rings (SSSR count). The van der Waals surface area contributed by atoms with Gasteiger partial charge in [0.1, 0.15) is 29.2 Å². The van der Waals surface area contributed by atoms with Crippen LogP contribution in [0.2, 0.25) is 0 Å². The zero-order valence-corrected chi connectivity index (χ0v) is 26.0. The fraction of sp³-hybridized carbons (Fsp3) is 0.294. The molecule has 2 N–H and O–H groups in total. The van der Waals surface area contributed by atoms with Crippen LogP contribution in [0.3, 0.4) is 0 Å². The molecule has 0 spiro atoms. The van der Waals surface area contributed by atoms with E-state index in [2.05, 4.69) is 58.9 Å². The summed E-state index contributed by atoms with van der Waals surface area (Å²) in [5, 5.41) is 13.9. The van der Waals surface area contributed by atoms with E-state index in [1.165, 1.54) is 11.3 Å². The molecule has 234 valence electrons. The van der Waals surface area contributed by atoms with Crippen molar-refractivity contribution in [1.29, 1.82) is 0 Å². The van der Waals surface area contributed by atoms with Crippen LogP contribution >= 0.6 is 11.3 Å². The number of carbonyl (C=O) groups excluding carboxylic acids is 4. The number of benzene rings is 3. The fourth-order valence-corrected chi connectivity index (χ4v) is 6.56. The number of hydrogen-bond acceptors (Lipinski definition) is 10. The number of fused-ring (bicyclic) bond motifs is 1. The highest BCUT2D eigenvalue weighted by atomic mass is 32.1. The molecule has 1 aromatic heterocycles. The van der Waals surface area contributed by atoms with Gasteiger partial charge >= 0.3 is 0 Å². The molecule has 3 aromatic carbocycles. The van der Waals surface area contributed by atoms with Gasteiger partial charge in [0.05, 0.1) is 11.1 Å². The van der Waals surface area contributed by atoms with Crippen molar-refractivity contribution in [2.75, 3.05) is 5.32 Å². The summed E-state index contributed by atoms with van der Waals surface area (Å²) < 4.78 is 12.0. The summed E-state index contributed by atoms with van der Waals surface area (Å²) in [4.78, 5) is 50.9. The Kier molecular flexibility index (Phi) is 7.52. The fourth-order valence-electron chi connectivity index (χ4n) is 6.13. The Morgan fingerprint density at radius 3 is 2.22 bits per heavy atom. The molecule has 0 bridgehead atoms. The lowest BCUT2D eigenvalue weighted by atomic mass is 9.78. The summed E-state index contributed by atoms with van der Waals surface area (Å²) in [5.41, 5.74) is 4.95. The highest BCUT2D eigenvalue weighted by Crippen LogP contribution is 2.36. The molecular formula is C34H31N5O6S. The Hall–Kier alpha value is -5.10. The number of anilines is 1. The molecule has 1 saturated carbocycles. The van der Waals surface area contributed by atoms with Gasteiger partial charge in [-0.2, -0.15) is 0 Å². The minimum atomic E-state index is -0.981. The summed E-state index contributed by atoms with van der Waals surface area (Å²) in [6.07, 6.45) is 1.83. The number of amides is 4. The maximum Gasteiger partial charge on any atom is 0.299 e. The van der Waals surface area contributed by atoms with Crippen molar-refractivity contribution in [3.8, 4) is 16.7 Å². The number of hydrogen-bond donors (Lipinski definition) is 2. The number of carbonyl (C=O) groups is 4. The molecule has 0 radical (unpaired) electrons. The highest BCUT2D eigenvalue weighted by Gasteiger charge is 2.44. The number of imide groups is 2. The Balaban J connectivity index is 0.923. The number of rotatable bonds is 9. The van der Waals surface area contributed by atoms with Gasteiger partial charge in [-0.25, -0.2) is 0 Å². The monoisotopic (exact) mass is 637 g/mol. The van der Waals surface area contributed by atoms with Gasteiger partial charge in [-0.1, -0.05) is 54.5 Å². The maximum absolute atomic E-state index is 13.1. The van der Waals surface area contributed by atoms with Crippen molar-refractivity contribution in [3.05, 3.63) is 94.5 Å². The molecule has 1 unspecified atom stereocenters. The Labute approximate surface area is 268 Å². The van der Waals surface area contributed by atoms with Crippen molar-refractivity contribution in [1.82, 2.24) is 20.4 Å². The Morgan fingerprint density at radius 1 is 0.891 bits per heavy atom. The number of ether oxygens (including phenoxy) is 2. The van der Waals surface area contributed by atoms with Gasteiger partial charge in [0.15, 0.2) is 0 Å². The van der Waals surface area contributed by atoms with Crippen LogP contribution in [0.1, 0.15) is 71.4 Å². The topological polar surface area (TPSA) is 140 Å². The molecular weight excluding hydrogens is 606 g/mol. The standard InChI is InChI=1S/C34H31N5O6S/c1-34(2,20-5-10-24(11-6-20)45-33-38-35-18-46-33)19-3-8-23(9-4-19)44-25-15-22(16-25)36-21-7-12-26-27(17-21)32(43)39(31(26)42)28-13-14-29(40)37-30(28)41/h3-12,17-18,22,25,28,36H,13-16H2,1-2H3,(H,37,40,41)/t22-,25-,28?. The second-order valence-corrected chi connectivity index (χ2v) is 13.0. The third-order valence-corrected chi connectivity index (χ3v) is 9.47. The third kappa shape index (κ3) is 5.60. The maximum atomic E-state index is 13.1. The van der Waals surface area contributed by atoms with E-state index >= 15 is 0 Å². The zero-order valence-electron chi connectivity index (χ0n) is 25.2. The number of piperidine rings is 1. The lowest BCUT2D eigenvalue weighted by Crippen LogP contribution is -2.54. The Bertz CT molecular complexity index is 1820. The first-order chi connectivity index (χ1) is 22.2. The quantitative estimate of drug-likeness (QED) is 0.241. The van der Waals surface area contributed by atoms with Crippen LogP contribution in [0, 0.1) is 0 Å². The largest absolute Gasteiger partial charge is 0.490 e. The first kappa shape index (κ1) is 29.6. The first-order valence-electron chi connectivity index (χ1n) is 15.1. The summed E-state index contributed by atoms with van der Waals surface area (Å²) in [7, 11) is 0. The van der Waals surface area contributed by atoms with Gasteiger partial charge in [0.25, 0.3) is 17.0 Å². The summed E-state index contributed by atoms with van der Waals surface area (Å²) >= 11 is 1.34. The van der Waals surface area contributed by atoms with Crippen molar-refractivity contribution < 1.29 is 28.7 Å². The van der Waals surface area contributed by atoms with Gasteiger partial charge in [-0.3, -0.25) is 29.4 Å². The van der Waals surface area contributed by atoms with Gasteiger partial charge in [-0.15, -0.1) is 5.10 Å². The lowest BCUT2D eigenvalue weighted by Gasteiger charge is -2.36. The first-order valence-corrected chi connectivity index (χ1v) is 16.0. The molecule has 1 aliphatic carbocycles. The molecule has 1 atom stereocenters. The molecule has 12 heteroatoms. The second kappa shape index (κ2) is 11.7. The lowest BCUT2D eigenvalue weighted by molar-refractivity contribution is -0.136. The van der Waals surface area contributed by atoms with E-state index in [9.17, 15) is 19.2 Å². The van der Waals surface area contributed by atoms with Crippen LogP contribution in [-0.4, -0.2) is 56.9 Å². The number of nitrogens with zero attached hydrogens (tertiary/aromatic N) is 3. The van der Waals surface area contributed by atoms with Gasteiger partial charge in [0, 0.05) is 36.4 Å². The van der Waals surface area contributed by atoms with Crippen LogP contribution in [0.4, 0.5) is 5.69 Å². The van der Waals surface area contributed by atoms with E-state index in [-0.39, 0.29) is 41.5 Å². The average molecular weight is 638 g/mol. The second-order valence-electron chi connectivity index (χ2n) is 12.2. The number of nitrogens with one attached hydrogen (secondary N) is 2. The smallest absolute Gasteiger partial charge is 0.299 e. The SMILES string of the molecule is CC(C)(c1ccc(Oc2nncs2)cc1)c1ccc(O[C@H]2C[C@H](Nc3ccc4c(c3)C(=O)N(C3CCC(=O)NC3=O)C4=O)C2)cc1. The van der Waals surface area contributed by atoms with Crippen LogP contribution < -0.4 is 20.1 Å². The molecule has 4 aromatic rings. The van der Waals surface area contributed by atoms with Crippen LogP contribution in [-0.2, 0) is 15.0 Å². The minimum absolute atomic E-state index is 0.0533. The molecule has 2 aliphatic heterocycles. The van der Waals surface area contributed by atoms with Crippen LogP contribution in [0.25, 0.3) is 0 Å². The molecule has 2 fully saturated rings. The van der Waals surface area contributed by atoms with E-state index in [0.717, 1.165) is 40.3 Å². The predicted molar refractivity (Wildman–Crippen MR) is 169 cm³/mol. The molecule has 3 heterocycles. The van der Waals surface area contributed by atoms with Crippen molar-refractivity contribution in [2.45, 2.75) is 63.1 Å².